The fourth-order valence-electron chi connectivity index (χ4n) is 1.99. The van der Waals surface area contributed by atoms with Crippen LogP contribution in [-0.2, 0) is 9.53 Å². The van der Waals surface area contributed by atoms with Gasteiger partial charge in [-0.25, -0.2) is 0 Å². The van der Waals surface area contributed by atoms with E-state index in [1.807, 2.05) is 0 Å². The van der Waals surface area contributed by atoms with Gasteiger partial charge in [-0.1, -0.05) is 13.8 Å². The minimum absolute atomic E-state index is 0.00863. The van der Waals surface area contributed by atoms with E-state index >= 15 is 0 Å². The van der Waals surface area contributed by atoms with Gasteiger partial charge in [0.25, 0.3) is 0 Å². The van der Waals surface area contributed by atoms with Crippen molar-refractivity contribution in [2.24, 2.45) is 5.92 Å². The van der Waals surface area contributed by atoms with Gasteiger partial charge in [0.15, 0.2) is 0 Å². The molecule has 106 valence electrons. The first-order chi connectivity index (χ1) is 8.58. The van der Waals surface area contributed by atoms with Crippen molar-refractivity contribution in [2.75, 3.05) is 45.9 Å². The van der Waals surface area contributed by atoms with Crippen LogP contribution in [0.5, 0.6) is 0 Å². The van der Waals surface area contributed by atoms with Crippen LogP contribution in [0, 0.1) is 5.92 Å². The molecule has 0 aromatic carbocycles. The Labute approximate surface area is 110 Å². The van der Waals surface area contributed by atoms with Crippen LogP contribution in [0.2, 0.25) is 0 Å². The Morgan fingerprint density at radius 1 is 1.50 bits per heavy atom. The smallest absolute Gasteiger partial charge is 0.216 e. The maximum absolute atomic E-state index is 10.9. The number of ether oxygens (including phenoxy) is 1. The van der Waals surface area contributed by atoms with E-state index in [2.05, 4.69) is 29.4 Å². The molecule has 1 saturated heterocycles. The van der Waals surface area contributed by atoms with Crippen molar-refractivity contribution in [3.8, 4) is 0 Å². The second-order valence-electron chi connectivity index (χ2n) is 5.33. The quantitative estimate of drug-likeness (QED) is 0.634. The van der Waals surface area contributed by atoms with Crippen molar-refractivity contribution in [3.63, 3.8) is 0 Å². The van der Waals surface area contributed by atoms with Crippen molar-refractivity contribution in [1.29, 1.82) is 0 Å². The summed E-state index contributed by atoms with van der Waals surface area (Å²) in [5.74, 6) is 0.705. The first-order valence-corrected chi connectivity index (χ1v) is 6.87. The number of nitrogens with zero attached hydrogens (tertiary/aromatic N) is 1. The monoisotopic (exact) mass is 257 g/mol. The standard InChI is InChI=1S/C13H27N3O2/c1-11(2)8-14-4-5-16-6-7-18-13(10-16)9-15-12(3)17/h11,13-14H,4-10H2,1-3H3,(H,15,17)/t13-/m0/s1. The lowest BCUT2D eigenvalue weighted by Gasteiger charge is -2.33. The Balaban J connectivity index is 2.12. The largest absolute Gasteiger partial charge is 0.374 e. The molecule has 1 heterocycles. The number of carbonyl (C=O) groups is 1. The first kappa shape index (κ1) is 15.4. The van der Waals surface area contributed by atoms with Crippen LogP contribution in [0.25, 0.3) is 0 Å². The van der Waals surface area contributed by atoms with Crippen LogP contribution in [0.4, 0.5) is 0 Å². The topological polar surface area (TPSA) is 53.6 Å². The third-order valence-corrected chi connectivity index (χ3v) is 2.96. The number of amides is 1. The molecule has 0 aliphatic carbocycles. The fraction of sp³-hybridized carbons (Fsp3) is 0.923. The Morgan fingerprint density at radius 2 is 2.28 bits per heavy atom. The molecule has 1 aliphatic heterocycles. The summed E-state index contributed by atoms with van der Waals surface area (Å²) in [4.78, 5) is 13.2. The van der Waals surface area contributed by atoms with E-state index in [1.54, 1.807) is 0 Å². The van der Waals surface area contributed by atoms with Crippen molar-refractivity contribution in [3.05, 3.63) is 0 Å². The van der Waals surface area contributed by atoms with Gasteiger partial charge >= 0.3 is 0 Å². The Morgan fingerprint density at radius 3 is 2.94 bits per heavy atom. The predicted octanol–water partition coefficient (Wildman–Crippen LogP) is 0.0689. The first-order valence-electron chi connectivity index (χ1n) is 6.87. The molecule has 0 unspecified atom stereocenters. The molecule has 1 atom stereocenters. The highest BCUT2D eigenvalue weighted by Gasteiger charge is 2.19. The van der Waals surface area contributed by atoms with Crippen LogP contribution in [-0.4, -0.2) is 62.8 Å². The molecule has 0 saturated carbocycles. The van der Waals surface area contributed by atoms with E-state index in [0.29, 0.717) is 12.5 Å². The average Bonchev–Trinajstić information content (AvgIpc) is 2.32. The minimum Gasteiger partial charge on any atom is -0.374 e. The van der Waals surface area contributed by atoms with Crippen LogP contribution in [0.3, 0.4) is 0 Å². The average molecular weight is 257 g/mol. The van der Waals surface area contributed by atoms with Gasteiger partial charge in [0.1, 0.15) is 0 Å². The Kier molecular flexibility index (Phi) is 7.23. The SMILES string of the molecule is CC(=O)NC[C@H]1CN(CCNCC(C)C)CCO1. The highest BCUT2D eigenvalue weighted by molar-refractivity contribution is 5.72. The van der Waals surface area contributed by atoms with Crippen molar-refractivity contribution >= 4 is 5.91 Å². The molecule has 1 fully saturated rings. The minimum atomic E-state index is 0.00863. The zero-order valence-corrected chi connectivity index (χ0v) is 11.9. The summed E-state index contributed by atoms with van der Waals surface area (Å²) in [6.45, 7) is 12.4. The molecule has 0 aromatic heterocycles. The highest BCUT2D eigenvalue weighted by atomic mass is 16.5. The van der Waals surface area contributed by atoms with E-state index in [4.69, 9.17) is 4.74 Å². The molecule has 5 nitrogen and oxygen atoms in total. The van der Waals surface area contributed by atoms with Crippen LogP contribution in [0.15, 0.2) is 0 Å². The molecular formula is C13H27N3O2. The second-order valence-corrected chi connectivity index (χ2v) is 5.33. The summed E-state index contributed by atoms with van der Waals surface area (Å²) < 4.78 is 5.63. The molecular weight excluding hydrogens is 230 g/mol. The maximum Gasteiger partial charge on any atom is 0.216 e. The van der Waals surface area contributed by atoms with Crippen LogP contribution < -0.4 is 10.6 Å². The molecule has 1 amide bonds. The van der Waals surface area contributed by atoms with Gasteiger partial charge in [-0.2, -0.15) is 0 Å². The van der Waals surface area contributed by atoms with Gasteiger partial charge in [-0.3, -0.25) is 9.69 Å². The molecule has 2 N–H and O–H groups in total. The summed E-state index contributed by atoms with van der Waals surface area (Å²) in [5.41, 5.74) is 0. The summed E-state index contributed by atoms with van der Waals surface area (Å²) in [7, 11) is 0. The van der Waals surface area contributed by atoms with Crippen LogP contribution >= 0.6 is 0 Å². The molecule has 0 bridgehead atoms. The second kappa shape index (κ2) is 8.45. The third kappa shape index (κ3) is 6.93. The summed E-state index contributed by atoms with van der Waals surface area (Å²) >= 11 is 0. The Bertz CT molecular complexity index is 246. The summed E-state index contributed by atoms with van der Waals surface area (Å²) in [6.07, 6.45) is 0.132. The lowest BCUT2D eigenvalue weighted by atomic mass is 10.2. The molecule has 1 rings (SSSR count). The number of nitrogens with one attached hydrogen (secondary N) is 2. The van der Waals surface area contributed by atoms with E-state index < -0.39 is 0 Å². The molecule has 5 heteroatoms. The van der Waals surface area contributed by atoms with Crippen molar-refractivity contribution in [1.82, 2.24) is 15.5 Å². The zero-order chi connectivity index (χ0) is 13.4. The number of hydrogen-bond acceptors (Lipinski definition) is 4. The molecule has 0 aromatic rings. The molecule has 1 aliphatic rings. The van der Waals surface area contributed by atoms with Gasteiger partial charge in [0, 0.05) is 39.6 Å². The summed E-state index contributed by atoms with van der Waals surface area (Å²) in [6, 6.07) is 0. The lowest BCUT2D eigenvalue weighted by molar-refractivity contribution is -0.120. The fourth-order valence-corrected chi connectivity index (χ4v) is 1.99. The van der Waals surface area contributed by atoms with Gasteiger partial charge in [0.05, 0.1) is 12.7 Å². The normalized spacial score (nSPS) is 21.2. The van der Waals surface area contributed by atoms with Gasteiger partial charge in [-0.05, 0) is 12.5 Å². The number of morpholine rings is 1. The highest BCUT2D eigenvalue weighted by Crippen LogP contribution is 2.03. The van der Waals surface area contributed by atoms with E-state index in [1.165, 1.54) is 6.92 Å². The zero-order valence-electron chi connectivity index (χ0n) is 11.9. The third-order valence-electron chi connectivity index (χ3n) is 2.96. The lowest BCUT2D eigenvalue weighted by Crippen LogP contribution is -2.48. The molecule has 0 radical (unpaired) electrons. The van der Waals surface area contributed by atoms with E-state index in [-0.39, 0.29) is 12.0 Å². The van der Waals surface area contributed by atoms with Crippen molar-refractivity contribution < 1.29 is 9.53 Å². The number of carbonyl (C=O) groups excluding carboxylic acids is 1. The summed E-state index contributed by atoms with van der Waals surface area (Å²) in [5, 5.41) is 6.26. The Hall–Kier alpha value is -0.650. The van der Waals surface area contributed by atoms with Gasteiger partial charge in [0.2, 0.25) is 5.91 Å². The predicted molar refractivity (Wildman–Crippen MR) is 72.6 cm³/mol. The van der Waals surface area contributed by atoms with E-state index in [9.17, 15) is 4.79 Å². The van der Waals surface area contributed by atoms with Gasteiger partial charge in [-0.15, -0.1) is 0 Å². The van der Waals surface area contributed by atoms with E-state index in [0.717, 1.165) is 39.3 Å². The molecule has 18 heavy (non-hydrogen) atoms. The molecule has 0 spiro atoms. The van der Waals surface area contributed by atoms with Crippen molar-refractivity contribution in [2.45, 2.75) is 26.9 Å². The number of rotatable bonds is 7. The number of hydrogen-bond donors (Lipinski definition) is 2. The van der Waals surface area contributed by atoms with Gasteiger partial charge < -0.3 is 15.4 Å². The van der Waals surface area contributed by atoms with Crippen LogP contribution in [0.1, 0.15) is 20.8 Å². The maximum atomic E-state index is 10.9.